The van der Waals surface area contributed by atoms with Crippen LogP contribution in [0.3, 0.4) is 0 Å². The number of rotatable bonds is 10. The Bertz CT molecular complexity index is 1290. The molecule has 0 heterocycles. The van der Waals surface area contributed by atoms with Gasteiger partial charge in [-0.1, -0.05) is 12.1 Å². The van der Waals surface area contributed by atoms with Crippen molar-refractivity contribution in [2.45, 2.75) is 86.2 Å². The highest BCUT2D eigenvalue weighted by Gasteiger charge is 2.35. The molecule has 2 fully saturated rings. The van der Waals surface area contributed by atoms with Gasteiger partial charge in [0, 0.05) is 25.2 Å². The first-order chi connectivity index (χ1) is 19.2. The summed E-state index contributed by atoms with van der Waals surface area (Å²) in [5.74, 6) is 0.161. The number of aliphatic hydroxyl groups is 2. The number of hydrogen-bond acceptors (Lipinski definition) is 10. The number of nitrogens with zero attached hydrogens (tertiary/aromatic N) is 2. The molecule has 0 bridgehead atoms. The number of nitro groups is 2. The molecule has 41 heavy (non-hydrogen) atoms. The maximum absolute atomic E-state index is 14.1. The molecule has 12 nitrogen and oxygen atoms in total. The fraction of sp³-hybridized carbons (Fsp3) is 0.571. The van der Waals surface area contributed by atoms with Crippen molar-refractivity contribution in [3.05, 3.63) is 56.6 Å². The maximum Gasteiger partial charge on any atom is 0.293 e. The van der Waals surface area contributed by atoms with Crippen LogP contribution >= 0.6 is 0 Å². The van der Waals surface area contributed by atoms with E-state index in [-0.39, 0.29) is 46.1 Å². The van der Waals surface area contributed by atoms with Gasteiger partial charge < -0.3 is 20.8 Å². The summed E-state index contributed by atoms with van der Waals surface area (Å²) in [4.78, 5) is 21.9. The van der Waals surface area contributed by atoms with Gasteiger partial charge in [-0.15, -0.1) is 0 Å². The molecule has 13 heteroatoms. The SMILES string of the molecule is CC1(O)CCC(CNc2c([N+](=O)[O-])cccc2S(=O)(=O)c2cccc([N+](=O)[O-])c2NCC2CCC(C)(O)CC2)CC1. The Labute approximate surface area is 239 Å². The third-order valence-electron chi connectivity index (χ3n) is 8.48. The van der Waals surface area contributed by atoms with Gasteiger partial charge in [0.2, 0.25) is 9.84 Å². The molecule has 2 saturated carbocycles. The molecule has 4 rings (SSSR count). The fourth-order valence-electron chi connectivity index (χ4n) is 5.77. The Morgan fingerprint density at radius 2 is 1.10 bits per heavy atom. The minimum atomic E-state index is -4.47. The van der Waals surface area contributed by atoms with Gasteiger partial charge in [-0.3, -0.25) is 20.2 Å². The molecular formula is C28H38N4O8S. The first-order valence-electron chi connectivity index (χ1n) is 13.9. The second kappa shape index (κ2) is 11.9. The molecule has 224 valence electrons. The van der Waals surface area contributed by atoms with Gasteiger partial charge in [-0.05, 0) is 89.2 Å². The molecule has 0 atom stereocenters. The highest BCUT2D eigenvalue weighted by molar-refractivity contribution is 7.91. The summed E-state index contributed by atoms with van der Waals surface area (Å²) >= 11 is 0. The van der Waals surface area contributed by atoms with E-state index in [1.165, 1.54) is 36.4 Å². The molecule has 2 aliphatic carbocycles. The van der Waals surface area contributed by atoms with E-state index in [9.17, 15) is 38.9 Å². The first-order valence-corrected chi connectivity index (χ1v) is 15.4. The van der Waals surface area contributed by atoms with Crippen molar-refractivity contribution in [2.24, 2.45) is 11.8 Å². The lowest BCUT2D eigenvalue weighted by molar-refractivity contribution is -0.384. The molecule has 2 aliphatic rings. The summed E-state index contributed by atoms with van der Waals surface area (Å²) in [6.07, 6.45) is 5.00. The molecule has 4 N–H and O–H groups in total. The normalized spacial score (nSPS) is 26.7. The van der Waals surface area contributed by atoms with Crippen molar-refractivity contribution >= 4 is 32.6 Å². The Morgan fingerprint density at radius 1 is 0.756 bits per heavy atom. The van der Waals surface area contributed by atoms with Crippen molar-refractivity contribution in [3.63, 3.8) is 0 Å². The van der Waals surface area contributed by atoms with Gasteiger partial charge in [0.05, 0.1) is 21.0 Å². The Balaban J connectivity index is 1.68. The van der Waals surface area contributed by atoms with E-state index in [2.05, 4.69) is 10.6 Å². The van der Waals surface area contributed by atoms with Gasteiger partial charge in [0.1, 0.15) is 21.2 Å². The molecular weight excluding hydrogens is 552 g/mol. The van der Waals surface area contributed by atoms with Crippen molar-refractivity contribution in [1.29, 1.82) is 0 Å². The molecule has 0 radical (unpaired) electrons. The number of para-hydroxylation sites is 2. The smallest absolute Gasteiger partial charge is 0.293 e. The molecule has 2 aromatic rings. The van der Waals surface area contributed by atoms with Crippen LogP contribution in [0.25, 0.3) is 0 Å². The minimum absolute atomic E-state index is 0.0805. The molecule has 0 spiro atoms. The fourth-order valence-corrected chi connectivity index (χ4v) is 7.41. The quantitative estimate of drug-likeness (QED) is 0.216. The van der Waals surface area contributed by atoms with Crippen LogP contribution in [0.15, 0.2) is 46.2 Å². The zero-order chi connectivity index (χ0) is 30.0. The summed E-state index contributed by atoms with van der Waals surface area (Å²) in [7, 11) is -4.47. The van der Waals surface area contributed by atoms with Crippen LogP contribution in [0.1, 0.15) is 65.2 Å². The number of anilines is 2. The van der Waals surface area contributed by atoms with Crippen LogP contribution in [-0.2, 0) is 9.84 Å². The summed E-state index contributed by atoms with van der Waals surface area (Å²) in [6.45, 7) is 4.09. The molecule has 0 aliphatic heterocycles. The first kappa shape index (κ1) is 30.7. The summed E-state index contributed by atoms with van der Waals surface area (Å²) in [6, 6.07) is 7.54. The van der Waals surface area contributed by atoms with Crippen LogP contribution in [0.2, 0.25) is 0 Å². The monoisotopic (exact) mass is 590 g/mol. The number of nitrogens with one attached hydrogen (secondary N) is 2. The Morgan fingerprint density at radius 3 is 1.41 bits per heavy atom. The highest BCUT2D eigenvalue weighted by Crippen LogP contribution is 2.41. The van der Waals surface area contributed by atoms with E-state index in [1.54, 1.807) is 13.8 Å². The van der Waals surface area contributed by atoms with Crippen molar-refractivity contribution in [3.8, 4) is 0 Å². The summed E-state index contributed by atoms with van der Waals surface area (Å²) < 4.78 is 28.2. The average Bonchev–Trinajstić information content (AvgIpc) is 2.91. The van der Waals surface area contributed by atoms with Gasteiger partial charge in [-0.2, -0.15) is 0 Å². The van der Waals surface area contributed by atoms with E-state index in [0.717, 1.165) is 0 Å². The van der Waals surface area contributed by atoms with E-state index in [1.807, 2.05) is 0 Å². The molecule has 0 aromatic heterocycles. The summed E-state index contributed by atoms with van der Waals surface area (Å²) in [5.41, 5.74) is -2.68. The van der Waals surface area contributed by atoms with Gasteiger partial charge in [0.25, 0.3) is 11.4 Å². The van der Waals surface area contributed by atoms with Crippen molar-refractivity contribution in [1.82, 2.24) is 0 Å². The maximum atomic E-state index is 14.1. The van der Waals surface area contributed by atoms with Gasteiger partial charge in [-0.25, -0.2) is 8.42 Å². The van der Waals surface area contributed by atoms with E-state index >= 15 is 0 Å². The predicted octanol–water partition coefficient (Wildman–Crippen LogP) is 5.04. The van der Waals surface area contributed by atoms with Crippen LogP contribution in [0.4, 0.5) is 22.7 Å². The van der Waals surface area contributed by atoms with Crippen LogP contribution < -0.4 is 10.6 Å². The Kier molecular flexibility index (Phi) is 8.90. The predicted molar refractivity (Wildman–Crippen MR) is 154 cm³/mol. The largest absolute Gasteiger partial charge is 0.390 e. The van der Waals surface area contributed by atoms with E-state index in [4.69, 9.17) is 0 Å². The summed E-state index contributed by atoms with van der Waals surface area (Å²) in [5, 5.41) is 50.4. The molecule has 0 unspecified atom stereocenters. The van der Waals surface area contributed by atoms with Crippen molar-refractivity contribution < 1.29 is 28.5 Å². The highest BCUT2D eigenvalue weighted by atomic mass is 32.2. The standard InChI is InChI=1S/C28H38N4O8S/c1-27(33)13-9-19(10-14-27)17-29-25-21(31(35)36)5-3-7-23(25)41(39,40)24-8-4-6-22(32(37)38)26(24)30-18-20-11-15-28(2,34)16-12-20/h3-8,19-20,29-30,33-34H,9-18H2,1-2H3. The molecule has 0 saturated heterocycles. The minimum Gasteiger partial charge on any atom is -0.390 e. The van der Waals surface area contributed by atoms with Crippen LogP contribution in [0, 0.1) is 32.1 Å². The third-order valence-corrected chi connectivity index (χ3v) is 10.3. The lowest BCUT2D eigenvalue weighted by Gasteiger charge is -2.33. The zero-order valence-corrected chi connectivity index (χ0v) is 24.2. The van der Waals surface area contributed by atoms with E-state index < -0.39 is 42.3 Å². The second-order valence-electron chi connectivity index (χ2n) is 12.0. The van der Waals surface area contributed by atoms with Gasteiger partial charge in [0.15, 0.2) is 0 Å². The topological polar surface area (TPSA) is 185 Å². The molecule has 0 amide bonds. The number of hydrogen-bond donors (Lipinski definition) is 4. The van der Waals surface area contributed by atoms with Crippen molar-refractivity contribution in [2.75, 3.05) is 23.7 Å². The number of nitro benzene ring substituents is 2. The number of sulfone groups is 1. The molecule has 2 aromatic carbocycles. The third kappa shape index (κ3) is 7.14. The number of benzene rings is 2. The van der Waals surface area contributed by atoms with Crippen LogP contribution in [-0.4, -0.2) is 52.8 Å². The average molecular weight is 591 g/mol. The lowest BCUT2D eigenvalue weighted by atomic mass is 9.80. The second-order valence-corrected chi connectivity index (χ2v) is 13.8. The van der Waals surface area contributed by atoms with E-state index in [0.29, 0.717) is 51.4 Å². The van der Waals surface area contributed by atoms with Gasteiger partial charge >= 0.3 is 0 Å². The Hall–Kier alpha value is -3.29. The zero-order valence-electron chi connectivity index (χ0n) is 23.3. The van der Waals surface area contributed by atoms with Crippen LogP contribution in [0.5, 0.6) is 0 Å². The lowest BCUT2D eigenvalue weighted by Crippen LogP contribution is -2.32.